The minimum atomic E-state index is -3.26. The number of benzene rings is 2. The minimum Gasteiger partial charge on any atom is -0.507 e. The standard InChI is InChI=1S/C13H21O4P.C11H17O4P/c1-13(2,3)18(15,9-14)12-10(16-4)7-6-8-11(12)17-5;1-11(2,3)16(15,7-12)10-8(13)5-4-6-9(10)14/h6-8,14H,9H2,1-5H3;4-6,12-14H,7H2,1-3H3. The van der Waals surface area contributed by atoms with Crippen LogP contribution >= 0.6 is 14.3 Å². The highest BCUT2D eigenvalue weighted by atomic mass is 31.2. The van der Waals surface area contributed by atoms with Crippen LogP contribution in [0.3, 0.4) is 0 Å². The maximum atomic E-state index is 13.2. The van der Waals surface area contributed by atoms with E-state index in [9.17, 15) is 29.6 Å². The zero-order valence-corrected chi connectivity index (χ0v) is 23.0. The number of hydrogen-bond acceptors (Lipinski definition) is 8. The van der Waals surface area contributed by atoms with Gasteiger partial charge < -0.3 is 39.0 Å². The predicted octanol–water partition coefficient (Wildman–Crippen LogP) is 4.28. The lowest BCUT2D eigenvalue weighted by Crippen LogP contribution is -2.27. The monoisotopic (exact) mass is 516 g/mol. The molecule has 0 saturated heterocycles. The van der Waals surface area contributed by atoms with Crippen molar-refractivity contribution < 1.29 is 39.0 Å². The number of methoxy groups -OCH3 is 2. The summed E-state index contributed by atoms with van der Waals surface area (Å²) >= 11 is 0. The molecular weight excluding hydrogens is 478 g/mol. The van der Waals surface area contributed by atoms with Crippen molar-refractivity contribution in [2.75, 3.05) is 26.9 Å². The number of rotatable bonds is 6. The van der Waals surface area contributed by atoms with Gasteiger partial charge in [0.15, 0.2) is 14.3 Å². The van der Waals surface area contributed by atoms with Crippen molar-refractivity contribution in [3.63, 3.8) is 0 Å². The first-order chi connectivity index (χ1) is 15.6. The van der Waals surface area contributed by atoms with E-state index in [4.69, 9.17) is 9.47 Å². The molecule has 0 amide bonds. The second kappa shape index (κ2) is 11.2. The van der Waals surface area contributed by atoms with Gasteiger partial charge in [-0.1, -0.05) is 53.7 Å². The van der Waals surface area contributed by atoms with Crippen molar-refractivity contribution in [1.29, 1.82) is 0 Å². The van der Waals surface area contributed by atoms with Gasteiger partial charge in [0.1, 0.15) is 35.7 Å². The number of aliphatic hydroxyl groups excluding tert-OH is 2. The largest absolute Gasteiger partial charge is 0.507 e. The zero-order chi connectivity index (χ0) is 26.5. The summed E-state index contributed by atoms with van der Waals surface area (Å²) in [5.74, 6) is 0.489. The fourth-order valence-corrected chi connectivity index (χ4v) is 7.72. The topological polar surface area (TPSA) is 134 Å². The minimum absolute atomic E-state index is 0.0370. The smallest absolute Gasteiger partial charge is 0.152 e. The maximum Gasteiger partial charge on any atom is 0.152 e. The van der Waals surface area contributed by atoms with Crippen LogP contribution < -0.4 is 20.1 Å². The quantitative estimate of drug-likeness (QED) is 0.418. The normalized spacial score (nSPS) is 15.4. The van der Waals surface area contributed by atoms with Gasteiger partial charge in [-0.15, -0.1) is 0 Å². The van der Waals surface area contributed by atoms with Crippen LogP contribution in [0.5, 0.6) is 23.0 Å². The summed E-state index contributed by atoms with van der Waals surface area (Å²) in [6.07, 6.45) is -0.991. The van der Waals surface area contributed by atoms with Crippen LogP contribution in [0.2, 0.25) is 0 Å². The van der Waals surface area contributed by atoms with Gasteiger partial charge in [0.2, 0.25) is 0 Å². The van der Waals surface area contributed by atoms with E-state index in [1.165, 1.54) is 32.4 Å². The van der Waals surface area contributed by atoms with Gasteiger partial charge in [0, 0.05) is 10.3 Å². The third-order valence-electron chi connectivity index (χ3n) is 5.68. The Labute approximate surface area is 202 Å². The highest BCUT2D eigenvalue weighted by Gasteiger charge is 2.42. The maximum absolute atomic E-state index is 13.2. The number of aliphatic hydroxyl groups is 2. The number of ether oxygens (including phenoxy) is 2. The summed E-state index contributed by atoms with van der Waals surface area (Å²) in [4.78, 5) is 0. The average Bonchev–Trinajstić information content (AvgIpc) is 2.76. The van der Waals surface area contributed by atoms with E-state index in [1.807, 2.05) is 20.8 Å². The first-order valence-corrected chi connectivity index (χ1v) is 14.5. The number of aromatic hydroxyl groups is 2. The molecule has 0 bridgehead atoms. The first kappa shape index (κ1) is 30.1. The summed E-state index contributed by atoms with van der Waals surface area (Å²) in [7, 11) is -3.26. The van der Waals surface area contributed by atoms with Crippen LogP contribution in [-0.2, 0) is 9.13 Å². The van der Waals surface area contributed by atoms with Crippen LogP contribution in [0.4, 0.5) is 0 Å². The van der Waals surface area contributed by atoms with E-state index in [0.717, 1.165) is 0 Å². The van der Waals surface area contributed by atoms with Gasteiger partial charge in [0.25, 0.3) is 0 Å². The molecule has 0 aliphatic heterocycles. The number of phenols is 2. The second-order valence-electron chi connectivity index (χ2n) is 9.76. The lowest BCUT2D eigenvalue weighted by Gasteiger charge is -2.31. The van der Waals surface area contributed by atoms with Gasteiger partial charge in [-0.2, -0.15) is 0 Å². The Kier molecular flexibility index (Phi) is 9.88. The van der Waals surface area contributed by atoms with Gasteiger partial charge in [0.05, 0.1) is 24.8 Å². The molecule has 0 saturated carbocycles. The average molecular weight is 517 g/mol. The summed E-state index contributed by atoms with van der Waals surface area (Å²) in [5, 5.41) is 37.5. The van der Waals surface area contributed by atoms with Gasteiger partial charge in [-0.25, -0.2) is 0 Å². The molecule has 0 spiro atoms. The van der Waals surface area contributed by atoms with Crippen molar-refractivity contribution in [1.82, 2.24) is 0 Å². The molecule has 0 aliphatic carbocycles. The van der Waals surface area contributed by atoms with E-state index < -0.39 is 37.3 Å². The van der Waals surface area contributed by atoms with Crippen LogP contribution in [-0.4, -0.2) is 57.7 Å². The van der Waals surface area contributed by atoms with Crippen LogP contribution in [0, 0.1) is 0 Å². The van der Waals surface area contributed by atoms with Crippen molar-refractivity contribution in [3.8, 4) is 23.0 Å². The summed E-state index contributed by atoms with van der Waals surface area (Å²) in [5.41, 5.74) is 0. The summed E-state index contributed by atoms with van der Waals surface area (Å²) in [6, 6.07) is 9.38. The molecule has 34 heavy (non-hydrogen) atoms. The summed E-state index contributed by atoms with van der Waals surface area (Å²) < 4.78 is 36.4. The van der Waals surface area contributed by atoms with E-state index in [-0.39, 0.29) is 16.8 Å². The fraction of sp³-hybridized carbons (Fsp3) is 0.500. The van der Waals surface area contributed by atoms with Gasteiger partial charge >= 0.3 is 0 Å². The molecule has 2 atom stereocenters. The summed E-state index contributed by atoms with van der Waals surface area (Å²) in [6.45, 7) is 10.6. The fourth-order valence-electron chi connectivity index (χ4n) is 3.31. The molecule has 8 nitrogen and oxygen atoms in total. The Morgan fingerprint density at radius 3 is 1.29 bits per heavy atom. The van der Waals surface area contributed by atoms with Crippen molar-refractivity contribution in [2.24, 2.45) is 0 Å². The van der Waals surface area contributed by atoms with Crippen molar-refractivity contribution >= 4 is 24.9 Å². The molecule has 0 aromatic heterocycles. The van der Waals surface area contributed by atoms with Gasteiger partial charge in [-0.05, 0) is 24.3 Å². The molecule has 0 fully saturated rings. The first-order valence-electron chi connectivity index (χ1n) is 10.7. The molecule has 2 rings (SSSR count). The van der Waals surface area contributed by atoms with Crippen LogP contribution in [0.15, 0.2) is 36.4 Å². The second-order valence-corrected chi connectivity index (χ2v) is 16.9. The Balaban J connectivity index is 0.000000342. The molecule has 0 radical (unpaired) electrons. The Bertz CT molecular complexity index is 1030. The zero-order valence-electron chi connectivity index (χ0n) is 21.2. The number of phenolic OH excluding ortho intramolecular Hbond substituents is 2. The van der Waals surface area contributed by atoms with Crippen LogP contribution in [0.25, 0.3) is 0 Å². The molecule has 192 valence electrons. The molecule has 10 heteroatoms. The van der Waals surface area contributed by atoms with Crippen molar-refractivity contribution in [3.05, 3.63) is 36.4 Å². The SMILES string of the molecule is CC(C)(C)P(=O)(CO)c1c(O)cccc1O.COc1cccc(OC)c1P(=O)(CO)C(C)(C)C. The van der Waals surface area contributed by atoms with E-state index in [1.54, 1.807) is 39.0 Å². The van der Waals surface area contributed by atoms with Gasteiger partial charge in [-0.3, -0.25) is 0 Å². The Hall–Kier alpha value is -1.98. The van der Waals surface area contributed by atoms with E-state index in [2.05, 4.69) is 0 Å². The molecule has 2 unspecified atom stereocenters. The molecule has 4 N–H and O–H groups in total. The third kappa shape index (κ3) is 5.80. The molecule has 2 aromatic rings. The lowest BCUT2D eigenvalue weighted by molar-refractivity contribution is 0.352. The number of hydrogen-bond donors (Lipinski definition) is 4. The predicted molar refractivity (Wildman–Crippen MR) is 137 cm³/mol. The van der Waals surface area contributed by atoms with Crippen LogP contribution in [0.1, 0.15) is 41.5 Å². The molecule has 2 aromatic carbocycles. The Morgan fingerprint density at radius 2 is 1.00 bits per heavy atom. The Morgan fingerprint density at radius 1 is 0.676 bits per heavy atom. The van der Waals surface area contributed by atoms with Crippen molar-refractivity contribution in [2.45, 2.75) is 51.9 Å². The highest BCUT2D eigenvalue weighted by Crippen LogP contribution is 2.60. The molecule has 0 heterocycles. The molecule has 0 aliphatic rings. The van der Waals surface area contributed by atoms with E-state index >= 15 is 0 Å². The third-order valence-corrected chi connectivity index (χ3v) is 13.2. The molecular formula is C24H38O8P2. The van der Waals surface area contributed by atoms with E-state index in [0.29, 0.717) is 16.8 Å². The highest BCUT2D eigenvalue weighted by molar-refractivity contribution is 7.73. The lowest BCUT2D eigenvalue weighted by atomic mass is 10.2.